The number of rotatable bonds is 4. The van der Waals surface area contributed by atoms with Crippen LogP contribution >= 0.6 is 12.4 Å². The van der Waals surface area contributed by atoms with Crippen LogP contribution in [0.1, 0.15) is 19.5 Å². The molecule has 0 aliphatic heterocycles. The summed E-state index contributed by atoms with van der Waals surface area (Å²) in [4.78, 5) is 4.17. The molecule has 0 unspecified atom stereocenters. The largest absolute Gasteiger partial charge is 0.394 e. The van der Waals surface area contributed by atoms with Gasteiger partial charge in [0.2, 0.25) is 0 Å². The van der Waals surface area contributed by atoms with Gasteiger partial charge in [-0.1, -0.05) is 6.07 Å². The van der Waals surface area contributed by atoms with Gasteiger partial charge in [-0.05, 0) is 26.0 Å². The number of nitrogens with one attached hydrogen (secondary N) is 1. The summed E-state index contributed by atoms with van der Waals surface area (Å²) < 4.78 is 0. The molecule has 0 saturated carbocycles. The number of aliphatic hydroxyl groups excluding tert-OH is 1. The van der Waals surface area contributed by atoms with Gasteiger partial charge in [0.15, 0.2) is 0 Å². The van der Waals surface area contributed by atoms with Crippen molar-refractivity contribution in [2.24, 2.45) is 0 Å². The fourth-order valence-electron chi connectivity index (χ4n) is 0.888. The summed E-state index contributed by atoms with van der Waals surface area (Å²) in [5, 5.41) is 12.2. The lowest BCUT2D eigenvalue weighted by Crippen LogP contribution is -2.42. The predicted molar refractivity (Wildman–Crippen MR) is 59.5 cm³/mol. The molecule has 0 fully saturated rings. The average molecular weight is 217 g/mol. The van der Waals surface area contributed by atoms with Gasteiger partial charge >= 0.3 is 0 Å². The molecule has 0 aliphatic carbocycles. The van der Waals surface area contributed by atoms with E-state index in [0.717, 1.165) is 5.69 Å². The molecule has 3 nitrogen and oxygen atoms in total. The van der Waals surface area contributed by atoms with Gasteiger partial charge in [0.25, 0.3) is 0 Å². The molecule has 0 atom stereocenters. The van der Waals surface area contributed by atoms with Gasteiger partial charge in [0.05, 0.1) is 12.3 Å². The van der Waals surface area contributed by atoms with Crippen molar-refractivity contribution in [3.8, 4) is 0 Å². The van der Waals surface area contributed by atoms with Crippen LogP contribution in [0.15, 0.2) is 24.4 Å². The van der Waals surface area contributed by atoms with Gasteiger partial charge in [0, 0.05) is 18.3 Å². The maximum atomic E-state index is 8.99. The monoisotopic (exact) mass is 216 g/mol. The van der Waals surface area contributed by atoms with Crippen LogP contribution in [0.2, 0.25) is 0 Å². The third kappa shape index (κ3) is 4.56. The Labute approximate surface area is 91.0 Å². The lowest BCUT2D eigenvalue weighted by Gasteiger charge is -2.23. The van der Waals surface area contributed by atoms with E-state index in [0.29, 0.717) is 6.54 Å². The highest BCUT2D eigenvalue weighted by molar-refractivity contribution is 5.85. The molecule has 80 valence electrons. The van der Waals surface area contributed by atoms with Crippen LogP contribution < -0.4 is 5.32 Å². The highest BCUT2D eigenvalue weighted by Gasteiger charge is 2.14. The number of aromatic nitrogens is 1. The molecule has 1 rings (SSSR count). The van der Waals surface area contributed by atoms with Gasteiger partial charge in [-0.3, -0.25) is 4.98 Å². The summed E-state index contributed by atoms with van der Waals surface area (Å²) >= 11 is 0. The lowest BCUT2D eigenvalue weighted by atomic mass is 10.1. The molecule has 14 heavy (non-hydrogen) atoms. The van der Waals surface area contributed by atoms with Crippen LogP contribution in [0.3, 0.4) is 0 Å². The molecule has 0 spiro atoms. The standard InChI is InChI=1S/C10H16N2O.ClH/c1-10(2,8-13)12-7-9-5-3-4-6-11-9;/h3-6,12-13H,7-8H2,1-2H3;1H. The van der Waals surface area contributed by atoms with Gasteiger partial charge in [-0.2, -0.15) is 0 Å². The highest BCUT2D eigenvalue weighted by Crippen LogP contribution is 2.01. The van der Waals surface area contributed by atoms with Gasteiger partial charge in [0.1, 0.15) is 0 Å². The Morgan fingerprint density at radius 3 is 2.64 bits per heavy atom. The second kappa shape index (κ2) is 5.96. The number of nitrogens with zero attached hydrogens (tertiary/aromatic N) is 1. The van der Waals surface area contributed by atoms with Crippen molar-refractivity contribution in [2.45, 2.75) is 25.9 Å². The zero-order valence-electron chi connectivity index (χ0n) is 8.53. The Hall–Kier alpha value is -0.640. The normalized spacial score (nSPS) is 10.8. The molecular formula is C10H17ClN2O. The number of aliphatic hydroxyl groups is 1. The van der Waals surface area contributed by atoms with Crippen LogP contribution in [0.5, 0.6) is 0 Å². The number of halogens is 1. The molecular weight excluding hydrogens is 200 g/mol. The maximum Gasteiger partial charge on any atom is 0.0607 e. The summed E-state index contributed by atoms with van der Waals surface area (Å²) in [5.74, 6) is 0. The van der Waals surface area contributed by atoms with E-state index in [1.165, 1.54) is 0 Å². The van der Waals surface area contributed by atoms with E-state index >= 15 is 0 Å². The zero-order valence-corrected chi connectivity index (χ0v) is 9.34. The average Bonchev–Trinajstić information content (AvgIpc) is 2.17. The minimum Gasteiger partial charge on any atom is -0.394 e. The lowest BCUT2D eigenvalue weighted by molar-refractivity contribution is 0.187. The number of hydrogen-bond acceptors (Lipinski definition) is 3. The van der Waals surface area contributed by atoms with Crippen LogP contribution in [-0.2, 0) is 6.54 Å². The Morgan fingerprint density at radius 2 is 2.14 bits per heavy atom. The smallest absolute Gasteiger partial charge is 0.0607 e. The summed E-state index contributed by atoms with van der Waals surface area (Å²) in [6.07, 6.45) is 1.77. The Kier molecular flexibility index (Phi) is 5.69. The Morgan fingerprint density at radius 1 is 1.43 bits per heavy atom. The topological polar surface area (TPSA) is 45.1 Å². The van der Waals surface area contributed by atoms with Crippen LogP contribution in [-0.4, -0.2) is 22.2 Å². The van der Waals surface area contributed by atoms with E-state index in [4.69, 9.17) is 5.11 Å². The fourth-order valence-corrected chi connectivity index (χ4v) is 0.888. The first kappa shape index (κ1) is 13.4. The van der Waals surface area contributed by atoms with E-state index < -0.39 is 0 Å². The highest BCUT2D eigenvalue weighted by atomic mass is 35.5. The second-order valence-corrected chi connectivity index (χ2v) is 3.72. The number of pyridine rings is 1. The summed E-state index contributed by atoms with van der Waals surface area (Å²) in [6, 6.07) is 5.80. The first-order valence-electron chi connectivity index (χ1n) is 4.40. The second-order valence-electron chi connectivity index (χ2n) is 3.72. The fraction of sp³-hybridized carbons (Fsp3) is 0.500. The molecule has 0 amide bonds. The van der Waals surface area contributed by atoms with Crippen molar-refractivity contribution in [3.05, 3.63) is 30.1 Å². The van der Waals surface area contributed by atoms with E-state index in [1.54, 1.807) is 6.20 Å². The van der Waals surface area contributed by atoms with Crippen LogP contribution in [0.4, 0.5) is 0 Å². The number of hydrogen-bond donors (Lipinski definition) is 2. The molecule has 0 aliphatic rings. The van der Waals surface area contributed by atoms with Gasteiger partial charge in [-0.15, -0.1) is 12.4 Å². The third-order valence-corrected chi connectivity index (χ3v) is 1.87. The van der Waals surface area contributed by atoms with E-state index in [2.05, 4.69) is 10.3 Å². The summed E-state index contributed by atoms with van der Waals surface area (Å²) in [5.41, 5.74) is 0.751. The van der Waals surface area contributed by atoms with Crippen LogP contribution in [0, 0.1) is 0 Å². The van der Waals surface area contributed by atoms with Crippen molar-refractivity contribution in [2.75, 3.05) is 6.61 Å². The van der Waals surface area contributed by atoms with Crippen molar-refractivity contribution in [3.63, 3.8) is 0 Å². The van der Waals surface area contributed by atoms with Crippen molar-refractivity contribution in [1.82, 2.24) is 10.3 Å². The van der Waals surface area contributed by atoms with Crippen molar-refractivity contribution < 1.29 is 5.11 Å². The van der Waals surface area contributed by atoms with Gasteiger partial charge < -0.3 is 10.4 Å². The van der Waals surface area contributed by atoms with Crippen molar-refractivity contribution in [1.29, 1.82) is 0 Å². The Bertz CT molecular complexity index is 252. The SMILES string of the molecule is CC(C)(CO)NCc1ccccn1.Cl. The van der Waals surface area contributed by atoms with E-state index in [-0.39, 0.29) is 24.6 Å². The quantitative estimate of drug-likeness (QED) is 0.799. The summed E-state index contributed by atoms with van der Waals surface area (Å²) in [7, 11) is 0. The first-order chi connectivity index (χ1) is 6.14. The molecule has 0 radical (unpaired) electrons. The molecule has 1 aromatic rings. The van der Waals surface area contributed by atoms with Crippen molar-refractivity contribution >= 4 is 12.4 Å². The molecule has 4 heteroatoms. The predicted octanol–water partition coefficient (Wildman–Crippen LogP) is 1.36. The Balaban J connectivity index is 0.00000169. The molecule has 0 bridgehead atoms. The molecule has 0 aromatic carbocycles. The van der Waals surface area contributed by atoms with E-state index in [1.807, 2.05) is 32.0 Å². The minimum absolute atomic E-state index is 0. The molecule has 1 aromatic heterocycles. The molecule has 2 N–H and O–H groups in total. The maximum absolute atomic E-state index is 8.99. The third-order valence-electron chi connectivity index (χ3n) is 1.87. The molecule has 0 saturated heterocycles. The van der Waals surface area contributed by atoms with Gasteiger partial charge in [-0.25, -0.2) is 0 Å². The zero-order chi connectivity index (χ0) is 9.73. The molecule has 1 heterocycles. The summed E-state index contributed by atoms with van der Waals surface area (Å²) in [6.45, 7) is 4.72. The van der Waals surface area contributed by atoms with Crippen LogP contribution in [0.25, 0.3) is 0 Å². The minimum atomic E-state index is -0.239. The van der Waals surface area contributed by atoms with E-state index in [9.17, 15) is 0 Å². The first-order valence-corrected chi connectivity index (χ1v) is 4.40.